The van der Waals surface area contributed by atoms with Crippen LogP contribution in [0.3, 0.4) is 0 Å². The molecular formula is C22H28N4O3. The predicted molar refractivity (Wildman–Crippen MR) is 108 cm³/mol. The first-order valence-electron chi connectivity index (χ1n) is 10.2. The molecule has 4 rings (SSSR count). The van der Waals surface area contributed by atoms with Gasteiger partial charge in [0, 0.05) is 50.8 Å². The van der Waals surface area contributed by atoms with Gasteiger partial charge in [0.25, 0.3) is 0 Å². The van der Waals surface area contributed by atoms with E-state index in [4.69, 9.17) is 0 Å². The Morgan fingerprint density at radius 1 is 1.17 bits per heavy atom. The molecule has 1 aromatic carbocycles. The molecule has 7 nitrogen and oxygen atoms in total. The molecule has 1 amide bonds. The highest BCUT2D eigenvalue weighted by atomic mass is 16.5. The summed E-state index contributed by atoms with van der Waals surface area (Å²) in [6.07, 6.45) is 4.21. The van der Waals surface area contributed by atoms with Crippen LogP contribution in [0.5, 0.6) is 0 Å². The number of carbonyl (C=O) groups is 2. The van der Waals surface area contributed by atoms with Crippen molar-refractivity contribution < 1.29 is 14.3 Å². The Kier molecular flexibility index (Phi) is 5.67. The molecule has 2 aromatic rings. The molecule has 2 aliphatic heterocycles. The molecule has 7 heteroatoms. The van der Waals surface area contributed by atoms with Gasteiger partial charge in [-0.1, -0.05) is 30.3 Å². The summed E-state index contributed by atoms with van der Waals surface area (Å²) < 4.78 is 6.48. The van der Waals surface area contributed by atoms with E-state index in [0.29, 0.717) is 24.8 Å². The van der Waals surface area contributed by atoms with Crippen LogP contribution in [0.25, 0.3) is 0 Å². The number of hydrogen-bond donors (Lipinski definition) is 0. The minimum absolute atomic E-state index is 0.159. The lowest BCUT2D eigenvalue weighted by molar-refractivity contribution is -0.140. The maximum atomic E-state index is 12.2. The number of ether oxygens (including phenoxy) is 1. The Labute approximate surface area is 171 Å². The second kappa shape index (κ2) is 8.37. The van der Waals surface area contributed by atoms with Crippen molar-refractivity contribution >= 4 is 11.9 Å². The summed E-state index contributed by atoms with van der Waals surface area (Å²) in [4.78, 5) is 28.1. The number of fused-ring (bicyclic) bond motifs is 1. The van der Waals surface area contributed by atoms with Crippen molar-refractivity contribution in [2.75, 3.05) is 26.7 Å². The van der Waals surface area contributed by atoms with E-state index >= 15 is 0 Å². The van der Waals surface area contributed by atoms with E-state index in [0.717, 1.165) is 31.7 Å². The molecule has 2 saturated heterocycles. The van der Waals surface area contributed by atoms with Crippen LogP contribution < -0.4 is 0 Å². The second-order valence-electron chi connectivity index (χ2n) is 8.08. The van der Waals surface area contributed by atoms with Crippen molar-refractivity contribution in [1.29, 1.82) is 0 Å². The Morgan fingerprint density at radius 3 is 2.69 bits per heavy atom. The van der Waals surface area contributed by atoms with Crippen LogP contribution in [-0.2, 0) is 27.4 Å². The van der Waals surface area contributed by atoms with Gasteiger partial charge in [0.05, 0.1) is 32.3 Å². The molecule has 29 heavy (non-hydrogen) atoms. The summed E-state index contributed by atoms with van der Waals surface area (Å²) in [7, 11) is 1.40. The highest BCUT2D eigenvalue weighted by molar-refractivity contribution is 5.74. The molecule has 1 aromatic heterocycles. The average Bonchev–Trinajstić information content (AvgIpc) is 3.41. The van der Waals surface area contributed by atoms with Crippen molar-refractivity contribution in [1.82, 2.24) is 19.6 Å². The van der Waals surface area contributed by atoms with Crippen LogP contribution in [0, 0.1) is 11.8 Å². The number of rotatable bonds is 6. The second-order valence-corrected chi connectivity index (χ2v) is 8.08. The maximum absolute atomic E-state index is 12.2. The minimum atomic E-state index is -0.226. The predicted octanol–water partition coefficient (Wildman–Crippen LogP) is 2.10. The van der Waals surface area contributed by atoms with Crippen molar-refractivity contribution in [3.05, 3.63) is 53.9 Å². The van der Waals surface area contributed by atoms with Crippen LogP contribution in [0.1, 0.15) is 30.5 Å². The van der Waals surface area contributed by atoms with E-state index in [9.17, 15) is 9.59 Å². The Balaban J connectivity index is 1.41. The van der Waals surface area contributed by atoms with Crippen LogP contribution in [0.4, 0.5) is 0 Å². The van der Waals surface area contributed by atoms with Gasteiger partial charge in [-0.2, -0.15) is 5.10 Å². The van der Waals surface area contributed by atoms with Crippen LogP contribution in [-0.4, -0.2) is 58.2 Å². The summed E-state index contributed by atoms with van der Waals surface area (Å²) in [6.45, 7) is 5.84. The van der Waals surface area contributed by atoms with Gasteiger partial charge in [-0.05, 0) is 11.5 Å². The smallest absolute Gasteiger partial charge is 0.307 e. The van der Waals surface area contributed by atoms with E-state index in [1.54, 1.807) is 11.6 Å². The molecule has 2 aliphatic rings. The molecule has 3 atom stereocenters. The number of benzene rings is 1. The van der Waals surface area contributed by atoms with Gasteiger partial charge in [-0.15, -0.1) is 0 Å². The molecule has 0 saturated carbocycles. The maximum Gasteiger partial charge on any atom is 0.307 e. The van der Waals surface area contributed by atoms with E-state index < -0.39 is 0 Å². The van der Waals surface area contributed by atoms with E-state index in [1.165, 1.54) is 12.7 Å². The minimum Gasteiger partial charge on any atom is -0.469 e. The third-order valence-electron chi connectivity index (χ3n) is 6.15. The first kappa shape index (κ1) is 19.6. The molecule has 0 radical (unpaired) electrons. The Morgan fingerprint density at radius 2 is 1.97 bits per heavy atom. The molecule has 0 spiro atoms. The summed E-state index contributed by atoms with van der Waals surface area (Å²) in [5.41, 5.74) is 2.38. The van der Waals surface area contributed by atoms with Crippen LogP contribution in [0.2, 0.25) is 0 Å². The standard InChI is InChI=1S/C22H28N4O3/c1-16(27)26-14-19-13-24(15-20(19)22(26)18-6-4-3-5-7-18)11-17-10-23-25(12-17)9-8-21(28)29-2/h3-7,10,12,19-20,22H,8-9,11,13-15H2,1-2H3/t19-,20-,22+/m1/s1. The highest BCUT2D eigenvalue weighted by Crippen LogP contribution is 2.45. The van der Waals surface area contributed by atoms with Gasteiger partial charge in [0.1, 0.15) is 0 Å². The van der Waals surface area contributed by atoms with E-state index in [2.05, 4.69) is 39.0 Å². The van der Waals surface area contributed by atoms with Crippen molar-refractivity contribution in [3.63, 3.8) is 0 Å². The number of likely N-dealkylation sites (tertiary alicyclic amines) is 2. The number of esters is 1. The summed E-state index contributed by atoms with van der Waals surface area (Å²) in [5.74, 6) is 0.886. The van der Waals surface area contributed by atoms with Gasteiger partial charge in [0.15, 0.2) is 0 Å². The molecule has 3 heterocycles. The zero-order valence-electron chi connectivity index (χ0n) is 17.0. The fourth-order valence-electron chi connectivity index (χ4n) is 4.84. The third-order valence-corrected chi connectivity index (χ3v) is 6.15. The molecule has 0 N–H and O–H groups in total. The lowest BCUT2D eigenvalue weighted by atomic mass is 9.89. The van der Waals surface area contributed by atoms with Gasteiger partial charge in [-0.25, -0.2) is 0 Å². The van der Waals surface area contributed by atoms with E-state index in [-0.39, 0.29) is 17.9 Å². The third kappa shape index (κ3) is 4.19. The van der Waals surface area contributed by atoms with Crippen LogP contribution in [0.15, 0.2) is 42.7 Å². The number of nitrogens with zero attached hydrogens (tertiary/aromatic N) is 4. The number of aromatic nitrogens is 2. The number of aryl methyl sites for hydroxylation is 1. The largest absolute Gasteiger partial charge is 0.469 e. The first-order valence-corrected chi connectivity index (χ1v) is 10.2. The molecule has 0 aliphatic carbocycles. The number of carbonyl (C=O) groups excluding carboxylic acids is 2. The molecule has 0 bridgehead atoms. The topological polar surface area (TPSA) is 67.7 Å². The Hall–Kier alpha value is -2.67. The lowest BCUT2D eigenvalue weighted by Gasteiger charge is -2.29. The number of amides is 1. The SMILES string of the molecule is COC(=O)CCn1cc(CN2C[C@@H]3CN(C(C)=O)[C@@H](c4ccccc4)[C@@H]3C2)cn1. The van der Waals surface area contributed by atoms with Crippen molar-refractivity contribution in [3.8, 4) is 0 Å². The summed E-state index contributed by atoms with van der Waals surface area (Å²) in [5, 5.41) is 4.36. The lowest BCUT2D eigenvalue weighted by Crippen LogP contribution is -2.34. The number of methoxy groups -OCH3 is 1. The molecule has 0 unspecified atom stereocenters. The molecular weight excluding hydrogens is 368 g/mol. The molecule has 154 valence electrons. The quantitative estimate of drug-likeness (QED) is 0.700. The van der Waals surface area contributed by atoms with E-state index in [1.807, 2.05) is 23.4 Å². The summed E-state index contributed by atoms with van der Waals surface area (Å²) in [6, 6.07) is 10.6. The number of hydrogen-bond acceptors (Lipinski definition) is 5. The van der Waals surface area contributed by atoms with Gasteiger partial charge in [0.2, 0.25) is 5.91 Å². The zero-order valence-corrected chi connectivity index (χ0v) is 17.0. The van der Waals surface area contributed by atoms with Gasteiger partial charge >= 0.3 is 5.97 Å². The van der Waals surface area contributed by atoms with Gasteiger partial charge < -0.3 is 9.64 Å². The summed E-state index contributed by atoms with van der Waals surface area (Å²) >= 11 is 0. The molecule has 2 fully saturated rings. The first-order chi connectivity index (χ1) is 14.0. The monoisotopic (exact) mass is 396 g/mol. The highest BCUT2D eigenvalue weighted by Gasteiger charge is 2.48. The van der Waals surface area contributed by atoms with Crippen molar-refractivity contribution in [2.45, 2.75) is 32.5 Å². The normalized spacial score (nSPS) is 23.9. The van der Waals surface area contributed by atoms with Gasteiger partial charge in [-0.3, -0.25) is 19.2 Å². The van der Waals surface area contributed by atoms with Crippen LogP contribution >= 0.6 is 0 Å². The average molecular weight is 396 g/mol. The van der Waals surface area contributed by atoms with Crippen molar-refractivity contribution in [2.24, 2.45) is 11.8 Å². The fraction of sp³-hybridized carbons (Fsp3) is 0.500. The zero-order chi connectivity index (χ0) is 20.4. The Bertz CT molecular complexity index is 866. The fourth-order valence-corrected chi connectivity index (χ4v) is 4.84.